The number of anilines is 1. The van der Waals surface area contributed by atoms with Gasteiger partial charge in [0, 0.05) is 12.1 Å². The van der Waals surface area contributed by atoms with Crippen molar-refractivity contribution in [3.8, 4) is 0 Å². The van der Waals surface area contributed by atoms with Crippen molar-refractivity contribution in [2.45, 2.75) is 56.9 Å². The third-order valence-electron chi connectivity index (χ3n) is 5.74. The van der Waals surface area contributed by atoms with Crippen molar-refractivity contribution in [1.29, 1.82) is 0 Å². The number of carbonyl (C=O) groups is 1. The Kier molecular flexibility index (Phi) is 5.87. The van der Waals surface area contributed by atoms with Crippen LogP contribution in [0.1, 0.15) is 66.3 Å². The Morgan fingerprint density at radius 1 is 1.00 bits per heavy atom. The molecule has 2 aromatic rings. The Labute approximate surface area is 161 Å². The summed E-state index contributed by atoms with van der Waals surface area (Å²) in [6, 6.07) is 14.8. The molecule has 1 amide bonds. The molecule has 138 valence electrons. The van der Waals surface area contributed by atoms with E-state index in [1.54, 1.807) is 0 Å². The lowest BCUT2D eigenvalue weighted by atomic mass is 9.81. The molecular formula is C22H27ClN2O. The molecule has 3 nitrogen and oxygen atoms in total. The Hall–Kier alpha value is -2.00. The highest BCUT2D eigenvalue weighted by atomic mass is 35.5. The summed E-state index contributed by atoms with van der Waals surface area (Å²) in [5.41, 5.74) is 12.1. The predicted molar refractivity (Wildman–Crippen MR) is 109 cm³/mol. The second-order valence-electron chi connectivity index (χ2n) is 7.46. The van der Waals surface area contributed by atoms with E-state index in [2.05, 4.69) is 41.7 Å². The van der Waals surface area contributed by atoms with Crippen LogP contribution in [0.15, 0.2) is 42.5 Å². The van der Waals surface area contributed by atoms with Crippen LogP contribution in [0.5, 0.6) is 0 Å². The van der Waals surface area contributed by atoms with Crippen molar-refractivity contribution in [2.24, 2.45) is 0 Å². The number of nitrogen functional groups attached to an aromatic ring is 1. The highest BCUT2D eigenvalue weighted by Crippen LogP contribution is 2.35. The molecule has 0 aromatic heterocycles. The summed E-state index contributed by atoms with van der Waals surface area (Å²) in [6.07, 6.45) is 7.21. The maximum atomic E-state index is 12.7. The lowest BCUT2D eigenvalue weighted by Gasteiger charge is -2.29. The van der Waals surface area contributed by atoms with Crippen LogP contribution < -0.4 is 11.1 Å². The van der Waals surface area contributed by atoms with Gasteiger partial charge in [0.2, 0.25) is 5.91 Å². The van der Waals surface area contributed by atoms with Crippen molar-refractivity contribution in [3.05, 3.63) is 64.7 Å². The Bertz CT molecular complexity index is 789. The van der Waals surface area contributed by atoms with Gasteiger partial charge >= 0.3 is 0 Å². The molecule has 2 aromatic carbocycles. The molecular weight excluding hydrogens is 344 g/mol. The highest BCUT2D eigenvalue weighted by molar-refractivity contribution is 5.85. The summed E-state index contributed by atoms with van der Waals surface area (Å²) in [5.74, 6) is 0.538. The third kappa shape index (κ3) is 3.88. The van der Waals surface area contributed by atoms with Gasteiger partial charge in [-0.25, -0.2) is 0 Å². The fourth-order valence-corrected chi connectivity index (χ4v) is 4.53. The lowest BCUT2D eigenvalue weighted by molar-refractivity contribution is -0.122. The number of rotatable bonds is 3. The number of hydrogen-bond acceptors (Lipinski definition) is 2. The number of fused-ring (bicyclic) bond motifs is 2. The van der Waals surface area contributed by atoms with E-state index in [4.69, 9.17) is 5.73 Å². The van der Waals surface area contributed by atoms with E-state index in [0.717, 1.165) is 37.8 Å². The number of nitrogens with one attached hydrogen (secondary N) is 1. The van der Waals surface area contributed by atoms with Gasteiger partial charge in [0.05, 0.1) is 6.04 Å². The van der Waals surface area contributed by atoms with E-state index in [1.165, 1.54) is 28.7 Å². The summed E-state index contributed by atoms with van der Waals surface area (Å²) in [4.78, 5) is 12.7. The molecule has 0 aliphatic heterocycles. The van der Waals surface area contributed by atoms with Gasteiger partial charge in [-0.15, -0.1) is 12.4 Å². The molecule has 3 N–H and O–H groups in total. The minimum atomic E-state index is 0. The zero-order chi connectivity index (χ0) is 17.2. The number of aryl methyl sites for hydroxylation is 2. The maximum Gasteiger partial charge on any atom is 0.221 e. The van der Waals surface area contributed by atoms with Crippen LogP contribution in [-0.4, -0.2) is 5.91 Å². The zero-order valence-electron chi connectivity index (χ0n) is 15.0. The fraction of sp³-hybridized carbons (Fsp3) is 0.409. The molecule has 0 saturated carbocycles. The van der Waals surface area contributed by atoms with Crippen LogP contribution >= 0.6 is 12.4 Å². The van der Waals surface area contributed by atoms with Gasteiger partial charge < -0.3 is 11.1 Å². The number of carbonyl (C=O) groups excluding carboxylic acids is 1. The van der Waals surface area contributed by atoms with E-state index < -0.39 is 0 Å². The van der Waals surface area contributed by atoms with Gasteiger partial charge in [-0.05, 0) is 78.8 Å². The van der Waals surface area contributed by atoms with Gasteiger partial charge in [0.25, 0.3) is 0 Å². The molecule has 2 aliphatic rings. The van der Waals surface area contributed by atoms with Crippen molar-refractivity contribution in [3.63, 3.8) is 0 Å². The first kappa shape index (κ1) is 18.8. The molecule has 2 unspecified atom stereocenters. The van der Waals surface area contributed by atoms with Crippen LogP contribution in [0, 0.1) is 0 Å². The SMILES string of the molecule is Cl.Nc1ccc2c(c1)CCCC2NC(=O)CC1CCCc2ccccc21. The molecule has 2 aliphatic carbocycles. The minimum absolute atomic E-state index is 0. The normalized spacial score (nSPS) is 21.1. The van der Waals surface area contributed by atoms with Gasteiger partial charge in [-0.2, -0.15) is 0 Å². The first-order valence-corrected chi connectivity index (χ1v) is 9.46. The van der Waals surface area contributed by atoms with Crippen molar-refractivity contribution < 1.29 is 4.79 Å². The Balaban J connectivity index is 0.00000196. The summed E-state index contributed by atoms with van der Waals surface area (Å²) in [5, 5.41) is 3.29. The van der Waals surface area contributed by atoms with E-state index in [-0.39, 0.29) is 24.4 Å². The molecule has 0 heterocycles. The van der Waals surface area contributed by atoms with Gasteiger partial charge in [0.1, 0.15) is 0 Å². The van der Waals surface area contributed by atoms with Crippen LogP contribution in [0.3, 0.4) is 0 Å². The van der Waals surface area contributed by atoms with Crippen LogP contribution in [0.25, 0.3) is 0 Å². The van der Waals surface area contributed by atoms with Crippen LogP contribution in [0.4, 0.5) is 5.69 Å². The predicted octanol–water partition coefficient (Wildman–Crippen LogP) is 4.69. The third-order valence-corrected chi connectivity index (χ3v) is 5.74. The number of benzene rings is 2. The number of nitrogens with two attached hydrogens (primary N) is 1. The first-order valence-electron chi connectivity index (χ1n) is 9.46. The molecule has 26 heavy (non-hydrogen) atoms. The molecule has 0 radical (unpaired) electrons. The smallest absolute Gasteiger partial charge is 0.221 e. The molecule has 4 heteroatoms. The molecule has 0 saturated heterocycles. The molecule has 2 atom stereocenters. The summed E-state index contributed by atoms with van der Waals surface area (Å²) >= 11 is 0. The number of amides is 1. The van der Waals surface area contributed by atoms with E-state index in [9.17, 15) is 4.79 Å². The topological polar surface area (TPSA) is 55.1 Å². The highest BCUT2D eigenvalue weighted by Gasteiger charge is 2.25. The monoisotopic (exact) mass is 370 g/mol. The second-order valence-corrected chi connectivity index (χ2v) is 7.46. The fourth-order valence-electron chi connectivity index (χ4n) is 4.53. The van der Waals surface area contributed by atoms with Gasteiger partial charge in [-0.1, -0.05) is 30.3 Å². The quantitative estimate of drug-likeness (QED) is 0.770. The largest absolute Gasteiger partial charge is 0.399 e. The average Bonchev–Trinajstić information content (AvgIpc) is 2.62. The minimum Gasteiger partial charge on any atom is -0.399 e. The summed E-state index contributed by atoms with van der Waals surface area (Å²) < 4.78 is 0. The van der Waals surface area contributed by atoms with Crippen molar-refractivity contribution in [1.82, 2.24) is 5.32 Å². The van der Waals surface area contributed by atoms with Crippen LogP contribution in [-0.2, 0) is 17.6 Å². The van der Waals surface area contributed by atoms with Gasteiger partial charge in [0.15, 0.2) is 0 Å². The summed E-state index contributed by atoms with van der Waals surface area (Å²) in [6.45, 7) is 0. The lowest BCUT2D eigenvalue weighted by Crippen LogP contribution is -2.32. The van der Waals surface area contributed by atoms with E-state index >= 15 is 0 Å². The first-order chi connectivity index (χ1) is 12.2. The molecule has 4 rings (SSSR count). The summed E-state index contributed by atoms with van der Waals surface area (Å²) in [7, 11) is 0. The van der Waals surface area contributed by atoms with Gasteiger partial charge in [-0.3, -0.25) is 4.79 Å². The molecule has 0 bridgehead atoms. The molecule has 0 spiro atoms. The van der Waals surface area contributed by atoms with Crippen LogP contribution in [0.2, 0.25) is 0 Å². The van der Waals surface area contributed by atoms with Crippen molar-refractivity contribution >= 4 is 24.0 Å². The number of halogens is 1. The Morgan fingerprint density at radius 3 is 2.65 bits per heavy atom. The number of hydrogen-bond donors (Lipinski definition) is 2. The van der Waals surface area contributed by atoms with E-state index in [0.29, 0.717) is 12.3 Å². The van der Waals surface area contributed by atoms with E-state index in [1.807, 2.05) is 6.07 Å². The Morgan fingerprint density at radius 2 is 1.77 bits per heavy atom. The zero-order valence-corrected chi connectivity index (χ0v) is 15.9. The van der Waals surface area contributed by atoms with Crippen molar-refractivity contribution in [2.75, 3.05) is 5.73 Å². The maximum absolute atomic E-state index is 12.7. The molecule has 0 fully saturated rings. The second kappa shape index (κ2) is 8.13. The average molecular weight is 371 g/mol. The standard InChI is InChI=1S/C22H26N2O.ClH/c23-18-11-12-20-16(13-18)8-4-10-21(20)24-22(25)14-17-7-3-6-15-5-1-2-9-19(15)17;/h1-2,5,9,11-13,17,21H,3-4,6-8,10,14,23H2,(H,24,25);1H.